The molecule has 0 unspecified atom stereocenters. The number of hydrogen-bond acceptors (Lipinski definition) is 8. The molecule has 1 heterocycles. The van der Waals surface area contributed by atoms with Crippen molar-refractivity contribution in [3.05, 3.63) is 22.7 Å². The highest BCUT2D eigenvalue weighted by Crippen LogP contribution is 2.71. The van der Waals surface area contributed by atoms with E-state index in [1.807, 2.05) is 0 Å². The predicted octanol–water partition coefficient (Wildman–Crippen LogP) is 5.47. The number of hydrogen-bond donors (Lipinski definition) is 0. The van der Waals surface area contributed by atoms with Crippen molar-refractivity contribution in [1.29, 1.82) is 0 Å². The molecule has 0 saturated carbocycles. The highest BCUT2D eigenvalue weighted by atomic mass is 35.5. The Bertz CT molecular complexity index is 707. The molecule has 0 aromatic heterocycles. The number of rotatable bonds is 12. The monoisotopic (exact) mass is 456 g/mol. The molecule has 1 aliphatic rings. The minimum Gasteiger partial charge on any atom is -0.454 e. The predicted molar refractivity (Wildman–Crippen MR) is 107 cm³/mol. The summed E-state index contributed by atoms with van der Waals surface area (Å²) in [6.45, 7) is 7.27. The van der Waals surface area contributed by atoms with E-state index in [0.717, 1.165) is 0 Å². The molecular formula is C17H27ClO8P2. The standard InChI is InChI=1S/C17H27ClO8P2/c1-5-23-27(19,24-6-2)17(28(20,25-7-3)26-8-4)10-13-9-15-16(11-14(13)18)22-12-21-15/h9,11,17H,5-8,10,12H2,1-4H3. The van der Waals surface area contributed by atoms with Gasteiger partial charge in [0.25, 0.3) is 0 Å². The first kappa shape index (κ1) is 23.7. The summed E-state index contributed by atoms with van der Waals surface area (Å²) >= 11 is 6.38. The molecule has 0 bridgehead atoms. The van der Waals surface area contributed by atoms with Gasteiger partial charge in [-0.15, -0.1) is 0 Å². The molecule has 0 atom stereocenters. The SMILES string of the molecule is CCOP(=O)(OCC)C(Cc1cc2c(cc1Cl)OCO2)P(=O)(OCC)OCC. The maximum absolute atomic E-state index is 13.6. The largest absolute Gasteiger partial charge is 0.454 e. The van der Waals surface area contributed by atoms with Crippen molar-refractivity contribution in [1.82, 2.24) is 0 Å². The van der Waals surface area contributed by atoms with Gasteiger partial charge in [-0.3, -0.25) is 9.13 Å². The van der Waals surface area contributed by atoms with Crippen LogP contribution in [0.5, 0.6) is 11.5 Å². The molecular weight excluding hydrogens is 430 g/mol. The fourth-order valence-corrected chi connectivity index (χ4v) is 8.38. The lowest BCUT2D eigenvalue weighted by atomic mass is 10.1. The first-order valence-corrected chi connectivity index (χ1v) is 12.8. The van der Waals surface area contributed by atoms with Crippen LogP contribution < -0.4 is 9.47 Å². The van der Waals surface area contributed by atoms with Crippen molar-refractivity contribution in [2.45, 2.75) is 39.5 Å². The van der Waals surface area contributed by atoms with Crippen LogP contribution >= 0.6 is 26.8 Å². The molecule has 1 aromatic carbocycles. The molecule has 160 valence electrons. The maximum Gasteiger partial charge on any atom is 0.346 e. The van der Waals surface area contributed by atoms with Crippen LogP contribution in [0.1, 0.15) is 33.3 Å². The molecule has 2 rings (SSSR count). The minimum atomic E-state index is -3.86. The van der Waals surface area contributed by atoms with E-state index in [1.54, 1.807) is 39.8 Å². The normalized spacial score (nSPS) is 14.1. The van der Waals surface area contributed by atoms with Crippen LogP contribution in [0, 0.1) is 0 Å². The molecule has 1 aliphatic heterocycles. The van der Waals surface area contributed by atoms with Crippen LogP contribution in [0.2, 0.25) is 5.02 Å². The Morgan fingerprint density at radius 3 is 1.75 bits per heavy atom. The van der Waals surface area contributed by atoms with Crippen molar-refractivity contribution in [2.24, 2.45) is 0 Å². The molecule has 1 aromatic rings. The lowest BCUT2D eigenvalue weighted by Gasteiger charge is -2.31. The summed E-state index contributed by atoms with van der Waals surface area (Å²) < 4.78 is 59.8. The quantitative estimate of drug-likeness (QED) is 0.382. The summed E-state index contributed by atoms with van der Waals surface area (Å²) in [5.74, 6) is 1.02. The third-order valence-electron chi connectivity index (χ3n) is 3.91. The zero-order valence-electron chi connectivity index (χ0n) is 16.5. The third-order valence-corrected chi connectivity index (χ3v) is 10.3. The van der Waals surface area contributed by atoms with Gasteiger partial charge in [0.1, 0.15) is 0 Å². The van der Waals surface area contributed by atoms with Crippen LogP contribution in [0.4, 0.5) is 0 Å². The second kappa shape index (κ2) is 10.4. The summed E-state index contributed by atoms with van der Waals surface area (Å²) in [6, 6.07) is 3.27. The molecule has 0 aliphatic carbocycles. The van der Waals surface area contributed by atoms with Gasteiger partial charge < -0.3 is 27.6 Å². The first-order valence-electron chi connectivity index (χ1n) is 9.19. The number of halogens is 1. The van der Waals surface area contributed by atoms with Gasteiger partial charge in [-0.2, -0.15) is 0 Å². The zero-order chi connectivity index (χ0) is 20.8. The van der Waals surface area contributed by atoms with Crippen molar-refractivity contribution in [3.63, 3.8) is 0 Å². The van der Waals surface area contributed by atoms with E-state index in [1.165, 1.54) is 0 Å². The minimum absolute atomic E-state index is 0.00989. The number of benzene rings is 1. The molecule has 28 heavy (non-hydrogen) atoms. The Labute approximate surface area is 170 Å². The number of fused-ring (bicyclic) bond motifs is 1. The average Bonchev–Trinajstić information content (AvgIpc) is 3.07. The fraction of sp³-hybridized carbons (Fsp3) is 0.647. The molecule has 0 amide bonds. The molecule has 0 fully saturated rings. The Hall–Kier alpha value is -0.590. The van der Waals surface area contributed by atoms with E-state index in [4.69, 9.17) is 39.2 Å². The molecule has 0 spiro atoms. The summed E-state index contributed by atoms with van der Waals surface area (Å²) in [5, 5.41) is -0.828. The smallest absolute Gasteiger partial charge is 0.346 e. The maximum atomic E-state index is 13.6. The van der Waals surface area contributed by atoms with Crippen LogP contribution in [0.3, 0.4) is 0 Å². The van der Waals surface area contributed by atoms with Crippen LogP contribution in [-0.2, 0) is 33.6 Å². The highest BCUT2D eigenvalue weighted by molar-refractivity contribution is 7.72. The zero-order valence-corrected chi connectivity index (χ0v) is 19.1. The summed E-state index contributed by atoms with van der Waals surface area (Å²) in [6.07, 6.45) is -0.00989. The number of ether oxygens (including phenoxy) is 2. The third kappa shape index (κ3) is 5.31. The Kier molecular flexibility index (Phi) is 8.83. The Morgan fingerprint density at radius 2 is 1.32 bits per heavy atom. The van der Waals surface area contributed by atoms with E-state index < -0.39 is 20.6 Å². The van der Waals surface area contributed by atoms with Crippen LogP contribution in [0.25, 0.3) is 0 Å². The lowest BCUT2D eigenvalue weighted by molar-refractivity contribution is 0.174. The first-order chi connectivity index (χ1) is 13.3. The summed E-state index contributed by atoms with van der Waals surface area (Å²) in [5.41, 5.74) is 0.551. The Morgan fingerprint density at radius 1 is 0.893 bits per heavy atom. The van der Waals surface area contributed by atoms with Gasteiger partial charge in [0, 0.05) is 11.1 Å². The highest BCUT2D eigenvalue weighted by Gasteiger charge is 2.51. The fourth-order valence-electron chi connectivity index (χ4n) is 2.85. The average molecular weight is 457 g/mol. The molecule has 8 nitrogen and oxygen atoms in total. The van der Waals surface area contributed by atoms with Crippen molar-refractivity contribution in [2.75, 3.05) is 33.2 Å². The van der Waals surface area contributed by atoms with Crippen LogP contribution in [-0.4, -0.2) is 38.6 Å². The topological polar surface area (TPSA) is 89.5 Å². The van der Waals surface area contributed by atoms with E-state index in [0.29, 0.717) is 22.1 Å². The van der Waals surface area contributed by atoms with Gasteiger partial charge in [-0.05, 0) is 45.7 Å². The second-order valence-corrected chi connectivity index (χ2v) is 11.0. The molecule has 11 heteroatoms. The van der Waals surface area contributed by atoms with E-state index >= 15 is 0 Å². The molecule has 0 N–H and O–H groups in total. The van der Waals surface area contributed by atoms with Crippen molar-refractivity contribution >= 4 is 26.8 Å². The Balaban J connectivity index is 2.51. The van der Waals surface area contributed by atoms with Crippen LogP contribution in [0.15, 0.2) is 12.1 Å². The second-order valence-electron chi connectivity index (χ2n) is 5.73. The summed E-state index contributed by atoms with van der Waals surface area (Å²) in [7, 11) is -7.72. The van der Waals surface area contributed by atoms with Gasteiger partial charge in [-0.1, -0.05) is 11.6 Å². The van der Waals surface area contributed by atoms with Crippen molar-refractivity contribution in [3.8, 4) is 11.5 Å². The molecule has 0 saturated heterocycles. The van der Waals surface area contributed by atoms with Gasteiger partial charge in [0.2, 0.25) is 6.79 Å². The van der Waals surface area contributed by atoms with Crippen molar-refractivity contribution < 1.29 is 36.7 Å². The van der Waals surface area contributed by atoms with Gasteiger partial charge >= 0.3 is 15.2 Å². The lowest BCUT2D eigenvalue weighted by Crippen LogP contribution is -2.20. The van der Waals surface area contributed by atoms with Gasteiger partial charge in [0.15, 0.2) is 16.9 Å². The van der Waals surface area contributed by atoms with E-state index in [2.05, 4.69) is 0 Å². The summed E-state index contributed by atoms with van der Waals surface area (Å²) in [4.78, 5) is 0. The van der Waals surface area contributed by atoms with Gasteiger partial charge in [0.05, 0.1) is 26.4 Å². The van der Waals surface area contributed by atoms with Gasteiger partial charge in [-0.25, -0.2) is 0 Å². The van der Waals surface area contributed by atoms with E-state index in [9.17, 15) is 9.13 Å². The van der Waals surface area contributed by atoms with E-state index in [-0.39, 0.29) is 39.6 Å². The molecule has 0 radical (unpaired) electrons.